The van der Waals surface area contributed by atoms with Crippen molar-refractivity contribution in [2.75, 3.05) is 5.32 Å². The van der Waals surface area contributed by atoms with Crippen molar-refractivity contribution in [1.82, 2.24) is 0 Å². The van der Waals surface area contributed by atoms with Crippen LogP contribution in [0.3, 0.4) is 0 Å². The monoisotopic (exact) mass is 305 g/mol. The Labute approximate surface area is 127 Å². The first kappa shape index (κ1) is 15.9. The normalized spacial score (nSPS) is 11.8. The molecule has 116 valence electrons. The zero-order valence-corrected chi connectivity index (χ0v) is 12.4. The molecule has 0 saturated carbocycles. The van der Waals surface area contributed by atoms with Gasteiger partial charge in [0, 0.05) is 11.8 Å². The highest BCUT2D eigenvalue weighted by atomic mass is 19.2. The number of nitrogens with one attached hydrogen (secondary N) is 1. The summed E-state index contributed by atoms with van der Waals surface area (Å²) < 4.78 is 31.7. The van der Waals surface area contributed by atoms with Gasteiger partial charge in [0.15, 0.2) is 17.7 Å². The number of hydrogen-bond acceptors (Lipinski definition) is 2. The van der Waals surface area contributed by atoms with Gasteiger partial charge in [-0.2, -0.15) is 0 Å². The number of ether oxygens (including phenoxy) is 1. The van der Waals surface area contributed by atoms with Gasteiger partial charge < -0.3 is 10.1 Å². The summed E-state index contributed by atoms with van der Waals surface area (Å²) in [7, 11) is 0. The van der Waals surface area contributed by atoms with Gasteiger partial charge in [0.25, 0.3) is 5.91 Å². The Hall–Kier alpha value is -2.43. The third-order valence-corrected chi connectivity index (χ3v) is 3.21. The van der Waals surface area contributed by atoms with Gasteiger partial charge in [-0.15, -0.1) is 0 Å². The largest absolute Gasteiger partial charge is 0.480 e. The molecule has 2 aromatic rings. The van der Waals surface area contributed by atoms with Crippen LogP contribution in [0.25, 0.3) is 0 Å². The van der Waals surface area contributed by atoms with Crippen molar-refractivity contribution in [3.05, 3.63) is 59.7 Å². The molecule has 1 N–H and O–H groups in total. The number of rotatable bonds is 5. The molecule has 0 aromatic heterocycles. The maximum absolute atomic E-state index is 13.2. The smallest absolute Gasteiger partial charge is 0.265 e. The van der Waals surface area contributed by atoms with Crippen molar-refractivity contribution in [3.8, 4) is 5.75 Å². The van der Waals surface area contributed by atoms with Crippen molar-refractivity contribution >= 4 is 11.6 Å². The maximum atomic E-state index is 13.2. The minimum absolute atomic E-state index is 0.190. The van der Waals surface area contributed by atoms with Crippen LogP contribution in [0.5, 0.6) is 5.75 Å². The lowest BCUT2D eigenvalue weighted by molar-refractivity contribution is -0.122. The Balaban J connectivity index is 2.08. The van der Waals surface area contributed by atoms with E-state index in [1.54, 1.807) is 6.07 Å². The molecular weight excluding hydrogens is 288 g/mol. The average molecular weight is 305 g/mol. The minimum atomic E-state index is -1.01. The van der Waals surface area contributed by atoms with Crippen LogP contribution in [-0.2, 0) is 4.79 Å². The number of aryl methyl sites for hydroxylation is 1. The first-order chi connectivity index (χ1) is 10.5. The van der Waals surface area contributed by atoms with E-state index in [9.17, 15) is 13.6 Å². The van der Waals surface area contributed by atoms with E-state index in [0.29, 0.717) is 12.2 Å². The number of amides is 1. The Kier molecular flexibility index (Phi) is 5.09. The fourth-order valence-corrected chi connectivity index (χ4v) is 1.96. The van der Waals surface area contributed by atoms with E-state index in [4.69, 9.17) is 4.74 Å². The molecule has 0 aliphatic rings. The predicted molar refractivity (Wildman–Crippen MR) is 80.9 cm³/mol. The van der Waals surface area contributed by atoms with Crippen LogP contribution in [0, 0.1) is 18.6 Å². The zero-order valence-electron chi connectivity index (χ0n) is 12.4. The lowest BCUT2D eigenvalue weighted by atomic mass is 10.2. The molecule has 0 aliphatic carbocycles. The summed E-state index contributed by atoms with van der Waals surface area (Å²) in [6, 6.07) is 10.6. The molecule has 5 heteroatoms. The van der Waals surface area contributed by atoms with Crippen LogP contribution in [-0.4, -0.2) is 12.0 Å². The number of carbonyl (C=O) groups is 1. The number of halogens is 2. The molecule has 0 unspecified atom stereocenters. The summed E-state index contributed by atoms with van der Waals surface area (Å²) in [6.07, 6.45) is -0.265. The first-order valence-corrected chi connectivity index (χ1v) is 6.99. The van der Waals surface area contributed by atoms with Gasteiger partial charge in [0.2, 0.25) is 0 Å². The molecule has 1 atom stereocenters. The van der Waals surface area contributed by atoms with Crippen molar-refractivity contribution in [3.63, 3.8) is 0 Å². The summed E-state index contributed by atoms with van der Waals surface area (Å²) in [5.74, 6) is -1.75. The summed E-state index contributed by atoms with van der Waals surface area (Å²) in [5, 5.41) is 2.53. The number of benzene rings is 2. The van der Waals surface area contributed by atoms with E-state index in [1.165, 1.54) is 6.07 Å². The quantitative estimate of drug-likeness (QED) is 0.904. The van der Waals surface area contributed by atoms with Crippen molar-refractivity contribution in [2.24, 2.45) is 0 Å². The predicted octanol–water partition coefficient (Wildman–Crippen LogP) is 4.07. The van der Waals surface area contributed by atoms with E-state index < -0.39 is 23.6 Å². The Morgan fingerprint density at radius 1 is 1.18 bits per heavy atom. The molecule has 0 fully saturated rings. The molecule has 0 heterocycles. The van der Waals surface area contributed by atoms with E-state index in [0.717, 1.165) is 17.7 Å². The van der Waals surface area contributed by atoms with Gasteiger partial charge in [-0.1, -0.05) is 25.1 Å². The van der Waals surface area contributed by atoms with E-state index in [1.807, 2.05) is 32.0 Å². The second kappa shape index (κ2) is 7.02. The summed E-state index contributed by atoms with van der Waals surface area (Å²) in [5.41, 5.74) is 1.11. The third kappa shape index (κ3) is 3.81. The zero-order chi connectivity index (χ0) is 16.1. The molecule has 22 heavy (non-hydrogen) atoms. The summed E-state index contributed by atoms with van der Waals surface area (Å²) in [6.45, 7) is 3.70. The molecule has 2 aromatic carbocycles. The molecule has 2 rings (SSSR count). The van der Waals surface area contributed by atoms with E-state index >= 15 is 0 Å². The molecule has 0 bridgehead atoms. The minimum Gasteiger partial charge on any atom is -0.480 e. The van der Waals surface area contributed by atoms with Gasteiger partial charge in [-0.3, -0.25) is 4.79 Å². The van der Waals surface area contributed by atoms with Gasteiger partial charge >= 0.3 is 0 Å². The van der Waals surface area contributed by atoms with Gasteiger partial charge in [0.05, 0.1) is 0 Å². The molecule has 0 aliphatic heterocycles. The summed E-state index contributed by atoms with van der Waals surface area (Å²) >= 11 is 0. The Morgan fingerprint density at radius 3 is 2.55 bits per heavy atom. The molecule has 0 radical (unpaired) electrons. The van der Waals surface area contributed by atoms with Crippen molar-refractivity contribution in [1.29, 1.82) is 0 Å². The molecule has 3 nitrogen and oxygen atoms in total. The van der Waals surface area contributed by atoms with Gasteiger partial charge in [-0.05, 0) is 37.1 Å². The highest BCUT2D eigenvalue weighted by Crippen LogP contribution is 2.20. The number of anilines is 1. The lowest BCUT2D eigenvalue weighted by Crippen LogP contribution is -2.32. The van der Waals surface area contributed by atoms with Crippen molar-refractivity contribution in [2.45, 2.75) is 26.4 Å². The molecular formula is C17H17F2NO2. The number of para-hydroxylation sites is 1. The SMILES string of the molecule is CC[C@@H](Oc1ccccc1C)C(=O)Nc1ccc(F)c(F)c1. The van der Waals surface area contributed by atoms with Crippen LogP contribution < -0.4 is 10.1 Å². The van der Waals surface area contributed by atoms with E-state index in [-0.39, 0.29) is 5.69 Å². The highest BCUT2D eigenvalue weighted by Gasteiger charge is 2.19. The van der Waals surface area contributed by atoms with Crippen molar-refractivity contribution < 1.29 is 18.3 Å². The van der Waals surface area contributed by atoms with Crippen LogP contribution in [0.2, 0.25) is 0 Å². The van der Waals surface area contributed by atoms with E-state index in [2.05, 4.69) is 5.32 Å². The standard InChI is InChI=1S/C17H17F2NO2/c1-3-15(22-16-7-5-4-6-11(16)2)17(21)20-12-8-9-13(18)14(19)10-12/h4-10,15H,3H2,1-2H3,(H,20,21)/t15-/m1/s1. The molecule has 0 saturated heterocycles. The first-order valence-electron chi connectivity index (χ1n) is 6.99. The third-order valence-electron chi connectivity index (χ3n) is 3.21. The average Bonchev–Trinajstić information content (AvgIpc) is 2.50. The Morgan fingerprint density at radius 2 is 1.91 bits per heavy atom. The summed E-state index contributed by atoms with van der Waals surface area (Å²) in [4.78, 5) is 12.2. The van der Waals surface area contributed by atoms with Crippen LogP contribution in [0.15, 0.2) is 42.5 Å². The number of hydrogen-bond donors (Lipinski definition) is 1. The van der Waals surface area contributed by atoms with Gasteiger partial charge in [-0.25, -0.2) is 8.78 Å². The van der Waals surface area contributed by atoms with Crippen LogP contribution in [0.4, 0.5) is 14.5 Å². The maximum Gasteiger partial charge on any atom is 0.265 e. The second-order valence-corrected chi connectivity index (χ2v) is 4.90. The second-order valence-electron chi connectivity index (χ2n) is 4.90. The molecule has 1 amide bonds. The lowest BCUT2D eigenvalue weighted by Gasteiger charge is -2.18. The Bertz CT molecular complexity index is 673. The fraction of sp³-hybridized carbons (Fsp3) is 0.235. The number of carbonyl (C=O) groups excluding carboxylic acids is 1. The molecule has 0 spiro atoms. The van der Waals surface area contributed by atoms with Crippen LogP contribution >= 0.6 is 0 Å². The van der Waals surface area contributed by atoms with Gasteiger partial charge in [0.1, 0.15) is 5.75 Å². The van der Waals surface area contributed by atoms with Crippen LogP contribution in [0.1, 0.15) is 18.9 Å². The fourth-order valence-electron chi connectivity index (χ4n) is 1.96. The highest BCUT2D eigenvalue weighted by molar-refractivity contribution is 5.94. The topological polar surface area (TPSA) is 38.3 Å².